The third-order valence-electron chi connectivity index (χ3n) is 4.03. The van der Waals surface area contributed by atoms with Gasteiger partial charge in [-0.2, -0.15) is 0 Å². The van der Waals surface area contributed by atoms with Gasteiger partial charge in [0.2, 0.25) is 0 Å². The Morgan fingerprint density at radius 1 is 1.39 bits per heavy atom. The van der Waals surface area contributed by atoms with Crippen molar-refractivity contribution >= 4 is 22.9 Å². The molecule has 0 amide bonds. The van der Waals surface area contributed by atoms with Crippen LogP contribution in [0.2, 0.25) is 0 Å². The summed E-state index contributed by atoms with van der Waals surface area (Å²) in [5.74, 6) is 0. The molecule has 3 rings (SSSR count). The molecule has 0 aliphatic carbocycles. The molecule has 4 nitrogen and oxygen atoms in total. The molecule has 23 heavy (non-hydrogen) atoms. The number of nitrogens with zero attached hydrogens (tertiary/aromatic N) is 2. The number of nitrogens with one attached hydrogen (secondary N) is 1. The first-order chi connectivity index (χ1) is 11.1. The number of benzene rings is 1. The number of aromatic amines is 1. The second kappa shape index (κ2) is 6.42. The summed E-state index contributed by atoms with van der Waals surface area (Å²) < 4.78 is 0. The highest BCUT2D eigenvalue weighted by Crippen LogP contribution is 2.35. The standard InChI is InChI=1S/C18H18ClN3O/c1-3-12(2)14-9-15(19)22(10-13-7-5-4-6-8-13)17-16(14)20-11-21-18(17)23/h3-9,11,15H,10H2,1-2H3,(H,20,21,23)/b12-3+. The Balaban J connectivity index is 2.11. The number of aromatic nitrogens is 2. The van der Waals surface area contributed by atoms with Crippen molar-refractivity contribution in [3.05, 3.63) is 76.0 Å². The van der Waals surface area contributed by atoms with E-state index in [2.05, 4.69) is 9.97 Å². The minimum absolute atomic E-state index is 0.175. The summed E-state index contributed by atoms with van der Waals surface area (Å²) in [7, 11) is 0. The fraction of sp³-hybridized carbons (Fsp3) is 0.222. The van der Waals surface area contributed by atoms with E-state index in [1.165, 1.54) is 6.33 Å². The Labute approximate surface area is 140 Å². The second-order valence-electron chi connectivity index (χ2n) is 5.47. The van der Waals surface area contributed by atoms with E-state index in [9.17, 15) is 4.79 Å². The van der Waals surface area contributed by atoms with E-state index in [4.69, 9.17) is 11.6 Å². The predicted octanol–water partition coefficient (Wildman–Crippen LogP) is 3.70. The smallest absolute Gasteiger partial charge is 0.274 e. The number of allylic oxidation sites excluding steroid dienone is 3. The van der Waals surface area contributed by atoms with Crippen LogP contribution < -0.4 is 10.5 Å². The maximum absolute atomic E-state index is 12.4. The topological polar surface area (TPSA) is 49.0 Å². The highest BCUT2D eigenvalue weighted by Gasteiger charge is 2.29. The lowest BCUT2D eigenvalue weighted by Gasteiger charge is -2.33. The van der Waals surface area contributed by atoms with Crippen LogP contribution in [-0.4, -0.2) is 15.5 Å². The number of hydrogen-bond donors (Lipinski definition) is 1. The minimum Gasteiger partial charge on any atom is -0.341 e. The monoisotopic (exact) mass is 327 g/mol. The van der Waals surface area contributed by atoms with Crippen molar-refractivity contribution in [3.8, 4) is 0 Å². The van der Waals surface area contributed by atoms with Crippen molar-refractivity contribution in [1.29, 1.82) is 0 Å². The zero-order valence-corrected chi connectivity index (χ0v) is 13.8. The van der Waals surface area contributed by atoms with Gasteiger partial charge in [-0.25, -0.2) is 4.98 Å². The lowest BCUT2D eigenvalue weighted by atomic mass is 9.98. The highest BCUT2D eigenvalue weighted by molar-refractivity contribution is 6.24. The average molecular weight is 328 g/mol. The zero-order chi connectivity index (χ0) is 16.4. The number of H-pyrrole nitrogens is 1. The SMILES string of the molecule is C/C=C(\C)C1=CC(Cl)N(Cc2ccccc2)c2c1nc[nH]c2=O. The van der Waals surface area contributed by atoms with Crippen molar-refractivity contribution < 1.29 is 0 Å². The van der Waals surface area contributed by atoms with Crippen molar-refractivity contribution in [2.75, 3.05) is 4.90 Å². The van der Waals surface area contributed by atoms with E-state index in [1.54, 1.807) is 0 Å². The summed E-state index contributed by atoms with van der Waals surface area (Å²) in [6.45, 7) is 4.51. The molecular weight excluding hydrogens is 310 g/mol. The molecule has 2 heterocycles. The fourth-order valence-corrected chi connectivity index (χ4v) is 3.00. The first-order valence-electron chi connectivity index (χ1n) is 7.49. The highest BCUT2D eigenvalue weighted by atomic mass is 35.5. The molecule has 2 aromatic rings. The Bertz CT molecular complexity index is 824. The normalized spacial score (nSPS) is 17.7. The largest absolute Gasteiger partial charge is 0.341 e. The Morgan fingerprint density at radius 3 is 2.83 bits per heavy atom. The van der Waals surface area contributed by atoms with E-state index in [0.717, 1.165) is 16.7 Å². The maximum atomic E-state index is 12.4. The quantitative estimate of drug-likeness (QED) is 0.690. The molecule has 118 valence electrons. The molecule has 1 unspecified atom stereocenters. The van der Waals surface area contributed by atoms with Gasteiger partial charge in [-0.3, -0.25) is 4.79 Å². The van der Waals surface area contributed by atoms with Gasteiger partial charge in [0, 0.05) is 12.1 Å². The van der Waals surface area contributed by atoms with Crippen LogP contribution in [0.1, 0.15) is 25.1 Å². The molecule has 0 fully saturated rings. The zero-order valence-electron chi connectivity index (χ0n) is 13.1. The second-order valence-corrected chi connectivity index (χ2v) is 5.91. The van der Waals surface area contributed by atoms with Gasteiger partial charge >= 0.3 is 0 Å². The summed E-state index contributed by atoms with van der Waals surface area (Å²) in [4.78, 5) is 21.4. The summed E-state index contributed by atoms with van der Waals surface area (Å²) in [5, 5.41) is 0. The Hall–Kier alpha value is -2.33. The van der Waals surface area contributed by atoms with E-state index in [0.29, 0.717) is 17.9 Å². The summed E-state index contributed by atoms with van der Waals surface area (Å²) in [6.07, 6.45) is 5.39. The number of rotatable bonds is 3. The Kier molecular flexibility index (Phi) is 4.35. The lowest BCUT2D eigenvalue weighted by molar-refractivity contribution is 0.798. The molecule has 1 N–H and O–H groups in total. The van der Waals surface area contributed by atoms with Crippen LogP contribution >= 0.6 is 11.6 Å². The van der Waals surface area contributed by atoms with Crippen LogP contribution in [0, 0.1) is 0 Å². The third kappa shape index (κ3) is 2.94. The van der Waals surface area contributed by atoms with E-state index in [-0.39, 0.29) is 5.56 Å². The first-order valence-corrected chi connectivity index (χ1v) is 7.93. The molecule has 0 saturated carbocycles. The number of fused-ring (bicyclic) bond motifs is 1. The van der Waals surface area contributed by atoms with E-state index in [1.807, 2.05) is 61.2 Å². The van der Waals surface area contributed by atoms with Crippen LogP contribution in [0.25, 0.3) is 5.57 Å². The number of alkyl halides is 1. The molecule has 0 radical (unpaired) electrons. The van der Waals surface area contributed by atoms with Crippen molar-refractivity contribution in [1.82, 2.24) is 9.97 Å². The average Bonchev–Trinajstić information content (AvgIpc) is 2.57. The first kappa shape index (κ1) is 15.6. The molecule has 0 spiro atoms. The van der Waals surface area contributed by atoms with Crippen molar-refractivity contribution in [2.45, 2.75) is 25.9 Å². The van der Waals surface area contributed by atoms with Gasteiger partial charge in [0.15, 0.2) is 0 Å². The fourth-order valence-electron chi connectivity index (χ4n) is 2.71. The van der Waals surface area contributed by atoms with Gasteiger partial charge in [-0.15, -0.1) is 0 Å². The summed E-state index contributed by atoms with van der Waals surface area (Å²) >= 11 is 6.57. The molecule has 1 aromatic heterocycles. The third-order valence-corrected chi connectivity index (χ3v) is 4.39. The van der Waals surface area contributed by atoms with Crippen LogP contribution in [0.15, 0.2) is 59.2 Å². The predicted molar refractivity (Wildman–Crippen MR) is 94.5 cm³/mol. The van der Waals surface area contributed by atoms with Gasteiger partial charge in [0.25, 0.3) is 5.56 Å². The van der Waals surface area contributed by atoms with Gasteiger partial charge in [-0.05, 0) is 31.1 Å². The maximum Gasteiger partial charge on any atom is 0.274 e. The lowest BCUT2D eigenvalue weighted by Crippen LogP contribution is -2.38. The molecule has 1 atom stereocenters. The molecular formula is C18H18ClN3O. The van der Waals surface area contributed by atoms with E-state index < -0.39 is 5.50 Å². The molecule has 0 saturated heterocycles. The van der Waals surface area contributed by atoms with Crippen LogP contribution in [0.3, 0.4) is 0 Å². The van der Waals surface area contributed by atoms with Crippen molar-refractivity contribution in [2.24, 2.45) is 0 Å². The molecule has 5 heteroatoms. The van der Waals surface area contributed by atoms with Crippen LogP contribution in [0.4, 0.5) is 5.69 Å². The van der Waals surface area contributed by atoms with Gasteiger partial charge in [0.1, 0.15) is 16.9 Å². The number of hydrogen-bond acceptors (Lipinski definition) is 3. The minimum atomic E-state index is -0.405. The van der Waals surface area contributed by atoms with Gasteiger partial charge in [-0.1, -0.05) is 48.0 Å². The Morgan fingerprint density at radius 2 is 2.13 bits per heavy atom. The number of halogens is 1. The summed E-state index contributed by atoms with van der Waals surface area (Å²) in [5.41, 5.74) is 3.68. The molecule has 0 bridgehead atoms. The van der Waals surface area contributed by atoms with E-state index >= 15 is 0 Å². The molecule has 1 aromatic carbocycles. The van der Waals surface area contributed by atoms with Crippen LogP contribution in [0.5, 0.6) is 0 Å². The number of anilines is 1. The molecule has 1 aliphatic heterocycles. The molecule has 1 aliphatic rings. The van der Waals surface area contributed by atoms with Gasteiger partial charge in [0.05, 0.1) is 6.33 Å². The van der Waals surface area contributed by atoms with Crippen LogP contribution in [-0.2, 0) is 6.54 Å². The van der Waals surface area contributed by atoms with Crippen molar-refractivity contribution in [3.63, 3.8) is 0 Å². The summed E-state index contributed by atoms with van der Waals surface area (Å²) in [6, 6.07) is 9.95. The van der Waals surface area contributed by atoms with Gasteiger partial charge < -0.3 is 9.88 Å².